The fourth-order valence-corrected chi connectivity index (χ4v) is 0.312. The number of carbonyl (C=O) groups excluding carboxylic acids is 2. The molecule has 0 atom stereocenters. The molecule has 6 nitrogen and oxygen atoms in total. The van der Waals surface area contributed by atoms with E-state index in [1.54, 1.807) is 0 Å². The third-order valence-electron chi connectivity index (χ3n) is 0.836. The van der Waals surface area contributed by atoms with E-state index >= 15 is 0 Å². The summed E-state index contributed by atoms with van der Waals surface area (Å²) in [5.41, 5.74) is 4.37. The van der Waals surface area contributed by atoms with Crippen LogP contribution in [-0.4, -0.2) is 32.8 Å². The Bertz CT molecular complexity index is 131. The number of methoxy groups -OCH3 is 2. The van der Waals surface area contributed by atoms with Crippen LogP contribution in [0, 0.1) is 0 Å². The molecule has 0 saturated heterocycles. The van der Waals surface area contributed by atoms with E-state index in [0.717, 1.165) is 0 Å². The Kier molecular flexibility index (Phi) is 4.83. The van der Waals surface area contributed by atoms with Crippen molar-refractivity contribution in [2.24, 2.45) is 0 Å². The molecule has 0 aromatic rings. The normalized spacial score (nSPS) is 8.55. The molecular formula is C5H10N2O4. The van der Waals surface area contributed by atoms with Gasteiger partial charge in [0.05, 0.1) is 14.2 Å². The second-order valence-corrected chi connectivity index (χ2v) is 1.55. The van der Waals surface area contributed by atoms with E-state index < -0.39 is 12.1 Å². The Morgan fingerprint density at radius 1 is 1.27 bits per heavy atom. The SMILES string of the molecule is COC(=O)CNNC(=O)OC. The first-order chi connectivity index (χ1) is 5.20. The van der Waals surface area contributed by atoms with Gasteiger partial charge in [-0.05, 0) is 0 Å². The fourth-order valence-electron chi connectivity index (χ4n) is 0.312. The summed E-state index contributed by atoms with van der Waals surface area (Å²) in [6, 6.07) is 0. The molecule has 0 radical (unpaired) electrons. The van der Waals surface area contributed by atoms with E-state index in [1.165, 1.54) is 14.2 Å². The fraction of sp³-hybridized carbons (Fsp3) is 0.600. The Labute approximate surface area is 63.8 Å². The predicted octanol–water partition coefficient (Wildman–Crippen LogP) is -0.980. The third-order valence-corrected chi connectivity index (χ3v) is 0.836. The lowest BCUT2D eigenvalue weighted by atomic mass is 10.7. The van der Waals surface area contributed by atoms with Gasteiger partial charge in [0.2, 0.25) is 0 Å². The van der Waals surface area contributed by atoms with Gasteiger partial charge in [-0.2, -0.15) is 0 Å². The molecule has 11 heavy (non-hydrogen) atoms. The highest BCUT2D eigenvalue weighted by Gasteiger charge is 2.00. The number of hydrazine groups is 1. The number of amides is 1. The summed E-state index contributed by atoms with van der Waals surface area (Å²) in [6.07, 6.45) is -0.658. The Hall–Kier alpha value is -1.30. The standard InChI is InChI=1S/C5H10N2O4/c1-10-4(8)3-6-7-5(9)11-2/h6H,3H2,1-2H3,(H,7,9). The van der Waals surface area contributed by atoms with E-state index in [0.29, 0.717) is 0 Å². The van der Waals surface area contributed by atoms with Gasteiger partial charge >= 0.3 is 12.1 Å². The minimum atomic E-state index is -0.658. The molecule has 6 heteroatoms. The zero-order valence-corrected chi connectivity index (χ0v) is 6.34. The first kappa shape index (κ1) is 9.70. The van der Waals surface area contributed by atoms with Crippen molar-refractivity contribution in [3.63, 3.8) is 0 Å². The van der Waals surface area contributed by atoms with Crippen LogP contribution in [0.1, 0.15) is 0 Å². The molecule has 0 saturated carbocycles. The van der Waals surface area contributed by atoms with E-state index in [9.17, 15) is 9.59 Å². The number of nitrogens with one attached hydrogen (secondary N) is 2. The van der Waals surface area contributed by atoms with Crippen LogP contribution in [0.15, 0.2) is 0 Å². The van der Waals surface area contributed by atoms with Gasteiger partial charge < -0.3 is 9.47 Å². The maximum absolute atomic E-state index is 10.4. The average Bonchev–Trinajstić information content (AvgIpc) is 2.04. The number of ether oxygens (including phenoxy) is 2. The van der Waals surface area contributed by atoms with Crippen LogP contribution in [-0.2, 0) is 14.3 Å². The number of hydrogen-bond acceptors (Lipinski definition) is 5. The van der Waals surface area contributed by atoms with Crippen molar-refractivity contribution in [1.82, 2.24) is 10.9 Å². The van der Waals surface area contributed by atoms with Crippen molar-refractivity contribution in [2.75, 3.05) is 20.8 Å². The van der Waals surface area contributed by atoms with Gasteiger partial charge in [-0.15, -0.1) is 0 Å². The van der Waals surface area contributed by atoms with Crippen LogP contribution >= 0.6 is 0 Å². The molecule has 0 fully saturated rings. The van der Waals surface area contributed by atoms with E-state index in [1.807, 2.05) is 0 Å². The zero-order chi connectivity index (χ0) is 8.69. The lowest BCUT2D eigenvalue weighted by molar-refractivity contribution is -0.139. The Balaban J connectivity index is 3.27. The topological polar surface area (TPSA) is 76.7 Å². The molecule has 0 unspecified atom stereocenters. The molecular weight excluding hydrogens is 152 g/mol. The van der Waals surface area contributed by atoms with Gasteiger partial charge in [0.1, 0.15) is 6.54 Å². The van der Waals surface area contributed by atoms with Crippen molar-refractivity contribution in [3.8, 4) is 0 Å². The summed E-state index contributed by atoms with van der Waals surface area (Å²) < 4.78 is 8.47. The molecule has 2 N–H and O–H groups in total. The van der Waals surface area contributed by atoms with E-state index in [4.69, 9.17) is 0 Å². The molecule has 1 amide bonds. The molecule has 0 spiro atoms. The van der Waals surface area contributed by atoms with Crippen LogP contribution < -0.4 is 10.9 Å². The van der Waals surface area contributed by atoms with Crippen LogP contribution in [0.4, 0.5) is 4.79 Å². The lowest BCUT2D eigenvalue weighted by Crippen LogP contribution is -2.40. The minimum absolute atomic E-state index is 0.0917. The van der Waals surface area contributed by atoms with E-state index in [-0.39, 0.29) is 6.54 Å². The summed E-state index contributed by atoms with van der Waals surface area (Å²) in [5.74, 6) is -0.471. The number of carbonyl (C=O) groups is 2. The molecule has 0 rings (SSSR count). The summed E-state index contributed by atoms with van der Waals surface area (Å²) in [4.78, 5) is 20.7. The molecule has 0 heterocycles. The highest BCUT2D eigenvalue weighted by atomic mass is 16.5. The van der Waals surface area contributed by atoms with E-state index in [2.05, 4.69) is 20.3 Å². The third kappa shape index (κ3) is 5.16. The van der Waals surface area contributed by atoms with Crippen LogP contribution in [0.5, 0.6) is 0 Å². The summed E-state index contributed by atoms with van der Waals surface area (Å²) >= 11 is 0. The van der Waals surface area contributed by atoms with Crippen molar-refractivity contribution in [2.45, 2.75) is 0 Å². The summed E-state index contributed by atoms with van der Waals surface area (Å²) in [5, 5.41) is 0. The largest absolute Gasteiger partial charge is 0.468 e. The Morgan fingerprint density at radius 3 is 2.36 bits per heavy atom. The maximum Gasteiger partial charge on any atom is 0.421 e. The van der Waals surface area contributed by atoms with Gasteiger partial charge in [0.15, 0.2) is 0 Å². The van der Waals surface area contributed by atoms with Gasteiger partial charge in [0.25, 0.3) is 0 Å². The molecule has 0 aromatic carbocycles. The number of esters is 1. The van der Waals surface area contributed by atoms with Crippen molar-refractivity contribution in [3.05, 3.63) is 0 Å². The monoisotopic (exact) mass is 162 g/mol. The van der Waals surface area contributed by atoms with Gasteiger partial charge in [-0.25, -0.2) is 10.2 Å². The van der Waals surface area contributed by atoms with Crippen LogP contribution in [0.3, 0.4) is 0 Å². The van der Waals surface area contributed by atoms with Gasteiger partial charge in [-0.3, -0.25) is 10.2 Å². The molecule has 0 aliphatic heterocycles. The van der Waals surface area contributed by atoms with Gasteiger partial charge in [0, 0.05) is 0 Å². The molecule has 0 aliphatic rings. The molecule has 0 aromatic heterocycles. The predicted molar refractivity (Wildman–Crippen MR) is 35.6 cm³/mol. The molecule has 64 valence electrons. The van der Waals surface area contributed by atoms with Crippen LogP contribution in [0.25, 0.3) is 0 Å². The minimum Gasteiger partial charge on any atom is -0.468 e. The highest BCUT2D eigenvalue weighted by Crippen LogP contribution is 1.69. The highest BCUT2D eigenvalue weighted by molar-refractivity contribution is 5.72. The van der Waals surface area contributed by atoms with Crippen molar-refractivity contribution in [1.29, 1.82) is 0 Å². The average molecular weight is 162 g/mol. The lowest BCUT2D eigenvalue weighted by Gasteiger charge is -2.03. The smallest absolute Gasteiger partial charge is 0.421 e. The van der Waals surface area contributed by atoms with Gasteiger partial charge in [-0.1, -0.05) is 0 Å². The second-order valence-electron chi connectivity index (χ2n) is 1.55. The molecule has 0 aliphatic carbocycles. The quantitative estimate of drug-likeness (QED) is 0.412. The second kappa shape index (κ2) is 5.48. The number of rotatable bonds is 3. The maximum atomic E-state index is 10.4. The first-order valence-corrected chi connectivity index (χ1v) is 2.84. The zero-order valence-electron chi connectivity index (χ0n) is 6.34. The first-order valence-electron chi connectivity index (χ1n) is 2.84. The summed E-state index contributed by atoms with van der Waals surface area (Å²) in [6.45, 7) is -0.0917. The Morgan fingerprint density at radius 2 is 1.91 bits per heavy atom. The molecule has 0 bridgehead atoms. The van der Waals surface area contributed by atoms with Crippen molar-refractivity contribution >= 4 is 12.1 Å². The summed E-state index contributed by atoms with van der Waals surface area (Å²) in [7, 11) is 2.47. The van der Waals surface area contributed by atoms with Crippen LogP contribution in [0.2, 0.25) is 0 Å². The number of hydrogen-bond donors (Lipinski definition) is 2. The van der Waals surface area contributed by atoms with Crippen molar-refractivity contribution < 1.29 is 19.1 Å².